The summed E-state index contributed by atoms with van der Waals surface area (Å²) in [5, 5.41) is 14.3. The molecule has 0 aliphatic carbocycles. The van der Waals surface area contributed by atoms with Gasteiger partial charge in [0.2, 0.25) is 0 Å². The van der Waals surface area contributed by atoms with Crippen LogP contribution in [0, 0.1) is 24.0 Å². The number of nitro benzene ring substituents is 1. The number of aryl methyl sites for hydroxylation is 2. The summed E-state index contributed by atoms with van der Waals surface area (Å²) in [5.41, 5.74) is 8.98. The smallest absolute Gasteiger partial charge is 0.272 e. The van der Waals surface area contributed by atoms with Crippen LogP contribution in [-0.2, 0) is 0 Å². The first kappa shape index (κ1) is 20.4. The Bertz CT molecular complexity index is 885. The largest absolute Gasteiger partial charge is 0.383 e. The molecule has 0 amide bonds. The van der Waals surface area contributed by atoms with E-state index in [-0.39, 0.29) is 10.6 Å². The van der Waals surface area contributed by atoms with E-state index in [1.54, 1.807) is 36.5 Å². The van der Waals surface area contributed by atoms with Gasteiger partial charge < -0.3 is 11.1 Å². The molecule has 2 aromatic carbocycles. The third-order valence-electron chi connectivity index (χ3n) is 3.97. The highest BCUT2D eigenvalue weighted by Crippen LogP contribution is 2.27. The number of anilines is 3. The fraction of sp³-hybridized carbons (Fsp3) is 0.250. The van der Waals surface area contributed by atoms with E-state index in [0.29, 0.717) is 17.3 Å². The summed E-state index contributed by atoms with van der Waals surface area (Å²) in [7, 11) is 0. The summed E-state index contributed by atoms with van der Waals surface area (Å²) in [6.45, 7) is 8.07. The average molecular weight is 385 g/mol. The van der Waals surface area contributed by atoms with E-state index >= 15 is 0 Å². The lowest BCUT2D eigenvalue weighted by Gasteiger charge is -2.07. The third-order valence-corrected chi connectivity index (χ3v) is 4.88. The van der Waals surface area contributed by atoms with Gasteiger partial charge in [0.15, 0.2) is 5.13 Å². The van der Waals surface area contributed by atoms with E-state index in [1.165, 1.54) is 11.6 Å². The van der Waals surface area contributed by atoms with Gasteiger partial charge in [-0.15, -0.1) is 0 Å². The molecule has 0 atom stereocenters. The summed E-state index contributed by atoms with van der Waals surface area (Å²) in [6, 6.07) is 15.1. The number of aromatic nitrogens is 1. The van der Waals surface area contributed by atoms with Crippen molar-refractivity contribution in [3.8, 4) is 0 Å². The third kappa shape index (κ3) is 5.79. The van der Waals surface area contributed by atoms with Gasteiger partial charge in [-0.25, -0.2) is 4.98 Å². The van der Waals surface area contributed by atoms with Crippen molar-refractivity contribution in [2.24, 2.45) is 0 Å². The second-order valence-electron chi connectivity index (χ2n) is 6.41. The van der Waals surface area contributed by atoms with Crippen LogP contribution in [0.15, 0.2) is 48.5 Å². The van der Waals surface area contributed by atoms with Crippen molar-refractivity contribution in [3.05, 3.63) is 74.6 Å². The summed E-state index contributed by atoms with van der Waals surface area (Å²) >= 11 is 1.57. The zero-order valence-electron chi connectivity index (χ0n) is 15.9. The number of benzene rings is 2. The highest BCUT2D eigenvalue weighted by Gasteiger charge is 2.06. The van der Waals surface area contributed by atoms with Gasteiger partial charge >= 0.3 is 0 Å². The molecule has 27 heavy (non-hydrogen) atoms. The number of nitrogens with one attached hydrogen (secondary N) is 1. The molecular formula is C20H24N4O2S. The molecule has 3 aromatic rings. The monoisotopic (exact) mass is 384 g/mol. The maximum Gasteiger partial charge on any atom is 0.272 e. The number of rotatable bonds is 4. The minimum atomic E-state index is -0.380. The summed E-state index contributed by atoms with van der Waals surface area (Å²) < 4.78 is 0. The molecule has 0 saturated heterocycles. The molecule has 0 saturated carbocycles. The van der Waals surface area contributed by atoms with Crippen LogP contribution in [0.3, 0.4) is 0 Å². The number of nitrogens with zero attached hydrogens (tertiary/aromatic N) is 2. The van der Waals surface area contributed by atoms with Gasteiger partial charge in [0.25, 0.3) is 5.69 Å². The zero-order chi connectivity index (χ0) is 20.0. The first-order valence-electron chi connectivity index (χ1n) is 8.57. The minimum Gasteiger partial charge on any atom is -0.383 e. The number of thiazole rings is 1. The zero-order valence-corrected chi connectivity index (χ0v) is 16.7. The van der Waals surface area contributed by atoms with Gasteiger partial charge in [0.1, 0.15) is 5.82 Å². The lowest BCUT2D eigenvalue weighted by molar-refractivity contribution is -0.385. The number of nitro groups is 1. The molecule has 0 fully saturated rings. The fourth-order valence-electron chi connectivity index (χ4n) is 2.30. The van der Waals surface area contributed by atoms with Crippen LogP contribution in [0.2, 0.25) is 0 Å². The van der Waals surface area contributed by atoms with Crippen molar-refractivity contribution in [2.45, 2.75) is 33.6 Å². The Balaban J connectivity index is 0.000000223. The highest BCUT2D eigenvalue weighted by atomic mass is 32.1. The number of para-hydroxylation sites is 1. The molecule has 0 aliphatic rings. The maximum absolute atomic E-state index is 10.2. The van der Waals surface area contributed by atoms with Crippen molar-refractivity contribution >= 4 is 33.7 Å². The highest BCUT2D eigenvalue weighted by molar-refractivity contribution is 7.16. The first-order valence-corrected chi connectivity index (χ1v) is 9.39. The van der Waals surface area contributed by atoms with Crippen LogP contribution in [0.5, 0.6) is 0 Å². The molecule has 142 valence electrons. The van der Waals surface area contributed by atoms with Gasteiger partial charge in [-0.2, -0.15) is 0 Å². The predicted octanol–water partition coefficient (Wildman–Crippen LogP) is 5.80. The normalized spacial score (nSPS) is 10.3. The van der Waals surface area contributed by atoms with Crippen molar-refractivity contribution in [3.63, 3.8) is 0 Å². The van der Waals surface area contributed by atoms with E-state index in [0.717, 1.165) is 15.7 Å². The number of hydrogen-bond acceptors (Lipinski definition) is 6. The molecule has 1 heterocycles. The van der Waals surface area contributed by atoms with Crippen LogP contribution in [0.25, 0.3) is 0 Å². The van der Waals surface area contributed by atoms with Gasteiger partial charge in [-0.05, 0) is 37.5 Å². The lowest BCUT2D eigenvalue weighted by atomic mass is 10.0. The first-order chi connectivity index (χ1) is 12.8. The molecule has 3 N–H and O–H groups in total. The number of nitrogen functional groups attached to an aromatic ring is 1. The Morgan fingerprint density at radius 3 is 2.19 bits per heavy atom. The van der Waals surface area contributed by atoms with Gasteiger partial charge in [0, 0.05) is 22.2 Å². The maximum atomic E-state index is 10.2. The van der Waals surface area contributed by atoms with Crippen LogP contribution < -0.4 is 11.1 Å². The van der Waals surface area contributed by atoms with Crippen LogP contribution in [-0.4, -0.2) is 9.91 Å². The van der Waals surface area contributed by atoms with E-state index < -0.39 is 0 Å². The minimum absolute atomic E-state index is 0.183. The molecule has 0 spiro atoms. The van der Waals surface area contributed by atoms with E-state index in [9.17, 15) is 10.1 Å². The van der Waals surface area contributed by atoms with E-state index in [4.69, 9.17) is 5.73 Å². The Labute approximate surface area is 163 Å². The van der Waals surface area contributed by atoms with Crippen LogP contribution in [0.4, 0.5) is 22.3 Å². The summed E-state index contributed by atoms with van der Waals surface area (Å²) in [4.78, 5) is 15.1. The Hall–Kier alpha value is -2.93. The predicted molar refractivity (Wildman–Crippen MR) is 113 cm³/mol. The van der Waals surface area contributed by atoms with Gasteiger partial charge in [-0.3, -0.25) is 10.1 Å². The molecule has 6 nitrogen and oxygen atoms in total. The Morgan fingerprint density at radius 2 is 1.74 bits per heavy atom. The molecule has 0 bridgehead atoms. The van der Waals surface area contributed by atoms with Crippen LogP contribution >= 0.6 is 11.3 Å². The molecule has 3 rings (SSSR count). The van der Waals surface area contributed by atoms with E-state index in [1.807, 2.05) is 6.92 Å². The van der Waals surface area contributed by atoms with Crippen LogP contribution in [0.1, 0.15) is 35.8 Å². The molecule has 1 aromatic heterocycles. The average Bonchev–Trinajstić information content (AvgIpc) is 2.93. The Kier molecular flexibility index (Phi) is 6.90. The van der Waals surface area contributed by atoms with Crippen molar-refractivity contribution in [1.29, 1.82) is 0 Å². The van der Waals surface area contributed by atoms with Crippen molar-refractivity contribution in [1.82, 2.24) is 4.98 Å². The summed E-state index contributed by atoms with van der Waals surface area (Å²) in [5.74, 6) is 1.16. The fourth-order valence-corrected chi connectivity index (χ4v) is 3.06. The Morgan fingerprint density at radius 1 is 1.11 bits per heavy atom. The number of nitrogens with two attached hydrogens (primary N) is 1. The molecule has 7 heteroatoms. The lowest BCUT2D eigenvalue weighted by Crippen LogP contribution is -1.92. The second-order valence-corrected chi connectivity index (χ2v) is 7.61. The van der Waals surface area contributed by atoms with Crippen molar-refractivity contribution < 1.29 is 4.92 Å². The van der Waals surface area contributed by atoms with Crippen molar-refractivity contribution in [2.75, 3.05) is 11.1 Å². The van der Waals surface area contributed by atoms with E-state index in [2.05, 4.69) is 48.4 Å². The SMILES string of the molecule is Cc1ccccc1[N+](=O)[O-].Cc1sc(Nc2ccc(C(C)C)cc2)nc1N. The molecule has 0 unspecified atom stereocenters. The van der Waals surface area contributed by atoms with Gasteiger partial charge in [-0.1, -0.05) is 55.5 Å². The topological polar surface area (TPSA) is 94.1 Å². The van der Waals surface area contributed by atoms with Gasteiger partial charge in [0.05, 0.1) is 4.92 Å². The standard InChI is InChI=1S/C13H17N3S.C7H7NO2/c1-8(2)10-4-6-11(7-5-10)15-13-16-12(14)9(3)17-13;1-6-4-2-3-5-7(6)8(9)10/h4-8H,14H2,1-3H3,(H,15,16);2-5H,1H3. The molecule has 0 aliphatic heterocycles. The number of hydrogen-bond donors (Lipinski definition) is 2. The molecular weight excluding hydrogens is 360 g/mol. The molecule has 0 radical (unpaired) electrons. The second kappa shape index (κ2) is 9.14. The summed E-state index contributed by atoms with van der Waals surface area (Å²) in [6.07, 6.45) is 0. The quantitative estimate of drug-likeness (QED) is 0.437.